The molecule has 3 rings (SSSR count). The molecule has 0 saturated carbocycles. The van der Waals surface area contributed by atoms with Crippen LogP contribution in [0.4, 0.5) is 14.5 Å². The van der Waals surface area contributed by atoms with E-state index in [0.717, 1.165) is 29.8 Å². The fourth-order valence-electron chi connectivity index (χ4n) is 3.09. The number of aromatic amines is 1. The molecule has 0 bridgehead atoms. The van der Waals surface area contributed by atoms with Crippen molar-refractivity contribution in [3.63, 3.8) is 0 Å². The number of benzene rings is 2. The third-order valence-corrected chi connectivity index (χ3v) is 5.08. The fraction of sp³-hybridized carbons (Fsp3) is 0.238. The topological polar surface area (TPSA) is 104 Å². The van der Waals surface area contributed by atoms with Crippen LogP contribution in [-0.4, -0.2) is 24.3 Å². The Morgan fingerprint density at radius 1 is 1.10 bits per heavy atom. The van der Waals surface area contributed by atoms with E-state index in [0.29, 0.717) is 23.5 Å². The van der Waals surface area contributed by atoms with E-state index in [-0.39, 0.29) is 12.3 Å². The van der Waals surface area contributed by atoms with Crippen molar-refractivity contribution in [1.29, 1.82) is 0 Å². The molecule has 3 N–H and O–H groups in total. The first-order valence-corrected chi connectivity index (χ1v) is 10.8. The highest BCUT2D eigenvalue weighted by atomic mass is 32.2. The van der Waals surface area contributed by atoms with E-state index in [9.17, 15) is 22.0 Å². The lowest BCUT2D eigenvalue weighted by molar-refractivity contribution is -0.121. The van der Waals surface area contributed by atoms with Gasteiger partial charge in [-0.1, -0.05) is 25.1 Å². The number of hydrogen-bond donors (Lipinski definition) is 4. The summed E-state index contributed by atoms with van der Waals surface area (Å²) in [6, 6.07) is 9.60. The Balaban J connectivity index is 1.75. The monoisotopic (exact) mass is 448 g/mol. The molecule has 1 atom stereocenters. The van der Waals surface area contributed by atoms with Crippen LogP contribution in [0.1, 0.15) is 35.6 Å². The second-order valence-electron chi connectivity index (χ2n) is 6.95. The average molecular weight is 448 g/mol. The van der Waals surface area contributed by atoms with E-state index in [4.69, 9.17) is 0 Å². The molecule has 0 fully saturated rings. The molecule has 7 nitrogen and oxygen atoms in total. The maximum absolute atomic E-state index is 13.4. The lowest BCUT2D eigenvalue weighted by Crippen LogP contribution is -2.32. The van der Waals surface area contributed by atoms with Gasteiger partial charge in [0.1, 0.15) is 5.82 Å². The van der Waals surface area contributed by atoms with Crippen molar-refractivity contribution in [1.82, 2.24) is 15.3 Å². The van der Waals surface area contributed by atoms with Gasteiger partial charge in [0, 0.05) is 11.9 Å². The number of aryl methyl sites for hydroxylation is 1. The Morgan fingerprint density at radius 3 is 2.42 bits per heavy atom. The molecule has 164 valence electrons. The Labute approximate surface area is 180 Å². The Kier molecular flexibility index (Phi) is 7.35. The molecule has 1 heterocycles. The molecule has 0 aliphatic rings. The molecule has 2 aromatic carbocycles. The predicted octanol–water partition coefficient (Wildman–Crippen LogP) is 2.83. The molecule has 0 radical (unpaired) electrons. The summed E-state index contributed by atoms with van der Waals surface area (Å²) in [5, 5.41) is 2.89. The number of carbonyl (C=O) groups excluding carboxylic acids is 1. The van der Waals surface area contributed by atoms with Crippen molar-refractivity contribution in [2.75, 3.05) is 4.72 Å². The Morgan fingerprint density at radius 2 is 1.81 bits per heavy atom. The SMILES string of the molecule is CCc1c[nH]c([C@H](Cc2ccc(N[SH](=O)=O)cc2)NC(=O)Cc2ccc(F)c(F)c2)n1. The summed E-state index contributed by atoms with van der Waals surface area (Å²) in [6.45, 7) is 1.96. The number of H-pyrrole nitrogens is 1. The number of imidazole rings is 1. The fourth-order valence-corrected chi connectivity index (χ4v) is 3.45. The highest BCUT2D eigenvalue weighted by Gasteiger charge is 2.19. The molecule has 0 aliphatic carbocycles. The number of hydrogen-bond acceptors (Lipinski definition) is 4. The van der Waals surface area contributed by atoms with Crippen LogP contribution in [-0.2, 0) is 34.9 Å². The van der Waals surface area contributed by atoms with E-state index in [1.807, 2.05) is 6.92 Å². The number of aromatic nitrogens is 2. The van der Waals surface area contributed by atoms with Crippen LogP contribution >= 0.6 is 0 Å². The minimum atomic E-state index is -2.75. The van der Waals surface area contributed by atoms with Crippen molar-refractivity contribution in [2.24, 2.45) is 0 Å². The van der Waals surface area contributed by atoms with Gasteiger partial charge in [-0.15, -0.1) is 0 Å². The molecule has 0 unspecified atom stereocenters. The molecular weight excluding hydrogens is 426 g/mol. The highest BCUT2D eigenvalue weighted by Crippen LogP contribution is 2.19. The molecule has 10 heteroatoms. The van der Waals surface area contributed by atoms with Gasteiger partial charge in [0.25, 0.3) is 0 Å². The van der Waals surface area contributed by atoms with Gasteiger partial charge < -0.3 is 10.3 Å². The Hall–Kier alpha value is -3.27. The standard InChI is InChI=1S/C21H22F2N4O3S/c1-2-15-12-24-21(25-15)19(10-13-3-6-16(7-4-13)27-31(29)30)26-20(28)11-14-5-8-17(22)18(23)9-14/h3-9,12,19,31H,2,10-11H2,1H3,(H,24,25)(H,26,28)(H,27,29,30)/t19-/m0/s1. The zero-order chi connectivity index (χ0) is 22.4. The zero-order valence-corrected chi connectivity index (χ0v) is 17.6. The minimum Gasteiger partial charge on any atom is -0.347 e. The van der Waals surface area contributed by atoms with E-state index in [1.54, 1.807) is 30.5 Å². The van der Waals surface area contributed by atoms with Gasteiger partial charge in [-0.05, 0) is 48.2 Å². The maximum Gasteiger partial charge on any atom is 0.225 e. The van der Waals surface area contributed by atoms with Gasteiger partial charge in [-0.2, -0.15) is 0 Å². The first kappa shape index (κ1) is 22.4. The molecule has 0 saturated heterocycles. The third kappa shape index (κ3) is 6.35. The van der Waals surface area contributed by atoms with E-state index in [1.165, 1.54) is 6.07 Å². The average Bonchev–Trinajstić information content (AvgIpc) is 3.20. The second kappa shape index (κ2) is 10.2. The van der Waals surface area contributed by atoms with Gasteiger partial charge in [0.15, 0.2) is 11.6 Å². The number of anilines is 1. The van der Waals surface area contributed by atoms with Crippen molar-refractivity contribution >= 4 is 22.5 Å². The number of rotatable bonds is 9. The van der Waals surface area contributed by atoms with Gasteiger partial charge in [-0.25, -0.2) is 22.2 Å². The molecule has 1 aromatic heterocycles. The lowest BCUT2D eigenvalue weighted by Gasteiger charge is -2.17. The number of halogens is 2. The normalized spacial score (nSPS) is 12.0. The highest BCUT2D eigenvalue weighted by molar-refractivity contribution is 7.73. The smallest absolute Gasteiger partial charge is 0.225 e. The minimum absolute atomic E-state index is 0.117. The summed E-state index contributed by atoms with van der Waals surface area (Å²) in [7, 11) is -2.75. The number of amides is 1. The maximum atomic E-state index is 13.4. The van der Waals surface area contributed by atoms with Crippen LogP contribution in [0.5, 0.6) is 0 Å². The summed E-state index contributed by atoms with van der Waals surface area (Å²) in [6.07, 6.45) is 2.76. The first-order chi connectivity index (χ1) is 14.8. The van der Waals surface area contributed by atoms with Gasteiger partial charge in [0.2, 0.25) is 16.8 Å². The summed E-state index contributed by atoms with van der Waals surface area (Å²) in [5.41, 5.74) is 2.48. The van der Waals surface area contributed by atoms with Crippen LogP contribution in [0, 0.1) is 11.6 Å². The van der Waals surface area contributed by atoms with Crippen molar-refractivity contribution in [2.45, 2.75) is 32.2 Å². The number of nitrogens with one attached hydrogen (secondary N) is 3. The van der Waals surface area contributed by atoms with Gasteiger partial charge >= 0.3 is 0 Å². The predicted molar refractivity (Wildman–Crippen MR) is 113 cm³/mol. The van der Waals surface area contributed by atoms with Gasteiger partial charge in [0.05, 0.1) is 18.2 Å². The molecule has 0 spiro atoms. The number of thiol groups is 1. The van der Waals surface area contributed by atoms with E-state index in [2.05, 4.69) is 20.0 Å². The van der Waals surface area contributed by atoms with Gasteiger partial charge in [-0.3, -0.25) is 9.52 Å². The van der Waals surface area contributed by atoms with Crippen molar-refractivity contribution in [3.05, 3.63) is 82.9 Å². The Bertz CT molecular complexity index is 1120. The summed E-state index contributed by atoms with van der Waals surface area (Å²) >= 11 is 0. The van der Waals surface area contributed by atoms with Crippen molar-refractivity contribution < 1.29 is 22.0 Å². The molecular formula is C21H22F2N4O3S. The lowest BCUT2D eigenvalue weighted by atomic mass is 10.0. The van der Waals surface area contributed by atoms with Crippen molar-refractivity contribution in [3.8, 4) is 0 Å². The molecule has 3 aromatic rings. The van der Waals surface area contributed by atoms with E-state index < -0.39 is 28.6 Å². The van der Waals surface area contributed by atoms with Crippen LogP contribution in [0.25, 0.3) is 0 Å². The second-order valence-corrected chi connectivity index (χ2v) is 7.68. The first-order valence-electron chi connectivity index (χ1n) is 9.61. The summed E-state index contributed by atoms with van der Waals surface area (Å²) < 4.78 is 50.4. The van der Waals surface area contributed by atoms with Crippen LogP contribution in [0.3, 0.4) is 0 Å². The molecule has 0 aliphatic heterocycles. The zero-order valence-electron chi connectivity index (χ0n) is 16.7. The molecule has 1 amide bonds. The summed E-state index contributed by atoms with van der Waals surface area (Å²) in [5.74, 6) is -1.77. The largest absolute Gasteiger partial charge is 0.347 e. The number of nitrogens with zero attached hydrogens (tertiary/aromatic N) is 1. The molecule has 31 heavy (non-hydrogen) atoms. The van der Waals surface area contributed by atoms with Crippen LogP contribution in [0.2, 0.25) is 0 Å². The third-order valence-electron chi connectivity index (χ3n) is 4.64. The van der Waals surface area contributed by atoms with Crippen LogP contribution in [0.15, 0.2) is 48.7 Å². The van der Waals surface area contributed by atoms with Crippen LogP contribution < -0.4 is 10.0 Å². The summed E-state index contributed by atoms with van der Waals surface area (Å²) in [4.78, 5) is 20.2. The quantitative estimate of drug-likeness (QED) is 0.378. The van der Waals surface area contributed by atoms with E-state index >= 15 is 0 Å². The number of carbonyl (C=O) groups is 1.